The lowest BCUT2D eigenvalue weighted by atomic mass is 10.6. The van der Waals surface area contributed by atoms with Crippen LogP contribution in [0.4, 0.5) is 4.79 Å². The molecule has 1 aliphatic rings. The molecule has 3 N–H and O–H groups in total. The van der Waals surface area contributed by atoms with E-state index >= 15 is 0 Å². The molecular formula is C5H10N2O2S. The van der Waals surface area contributed by atoms with Gasteiger partial charge in [-0.25, -0.2) is 4.79 Å². The van der Waals surface area contributed by atoms with Crippen molar-refractivity contribution in [3.8, 4) is 0 Å². The summed E-state index contributed by atoms with van der Waals surface area (Å²) in [5, 5.41) is 3.01. The number of hydrogen-bond donors (Lipinski definition) is 2. The van der Waals surface area contributed by atoms with Crippen molar-refractivity contribution in [3.63, 3.8) is 0 Å². The zero-order chi connectivity index (χ0) is 7.40. The van der Waals surface area contributed by atoms with Gasteiger partial charge in [0.05, 0.1) is 0 Å². The van der Waals surface area contributed by atoms with E-state index < -0.39 is 6.09 Å². The Balaban J connectivity index is 2.19. The van der Waals surface area contributed by atoms with E-state index in [2.05, 4.69) is 5.32 Å². The Bertz CT molecular complexity index is 125. The maximum atomic E-state index is 10.2. The zero-order valence-electron chi connectivity index (χ0n) is 5.50. The molecule has 1 rings (SSSR count). The minimum atomic E-state index is -0.708. The van der Waals surface area contributed by atoms with Crippen molar-refractivity contribution < 1.29 is 9.53 Å². The molecule has 10 heavy (non-hydrogen) atoms. The van der Waals surface area contributed by atoms with Crippen LogP contribution in [0.1, 0.15) is 0 Å². The number of amides is 1. The molecule has 0 saturated carbocycles. The van der Waals surface area contributed by atoms with Crippen LogP contribution in [0.15, 0.2) is 0 Å². The van der Waals surface area contributed by atoms with E-state index in [1.807, 2.05) is 0 Å². The minimum Gasteiger partial charge on any atom is -0.430 e. The van der Waals surface area contributed by atoms with Crippen LogP contribution in [-0.2, 0) is 4.74 Å². The Morgan fingerprint density at radius 1 is 1.80 bits per heavy atom. The van der Waals surface area contributed by atoms with Gasteiger partial charge in [-0.15, -0.1) is 0 Å². The first kappa shape index (κ1) is 7.68. The molecule has 5 heteroatoms. The summed E-state index contributed by atoms with van der Waals surface area (Å²) in [7, 11) is 0. The highest BCUT2D eigenvalue weighted by molar-refractivity contribution is 7.99. The Labute approximate surface area is 63.5 Å². The lowest BCUT2D eigenvalue weighted by molar-refractivity contribution is 0.0993. The fraction of sp³-hybridized carbons (Fsp3) is 0.800. The van der Waals surface area contributed by atoms with Gasteiger partial charge in [0.1, 0.15) is 0 Å². The Morgan fingerprint density at radius 3 is 3.10 bits per heavy atom. The molecule has 1 fully saturated rings. The number of carbonyl (C=O) groups is 1. The smallest absolute Gasteiger partial charge is 0.406 e. The van der Waals surface area contributed by atoms with Crippen LogP contribution in [0.2, 0.25) is 0 Å². The normalized spacial score (nSPS) is 25.8. The number of thioether (sulfide) groups is 1. The van der Waals surface area contributed by atoms with E-state index in [0.29, 0.717) is 0 Å². The summed E-state index contributed by atoms with van der Waals surface area (Å²) >= 11 is 1.75. The van der Waals surface area contributed by atoms with Gasteiger partial charge >= 0.3 is 6.09 Å². The first-order valence-electron chi connectivity index (χ1n) is 3.06. The second-order valence-electron chi connectivity index (χ2n) is 1.95. The summed E-state index contributed by atoms with van der Waals surface area (Å²) < 4.78 is 4.70. The van der Waals surface area contributed by atoms with Gasteiger partial charge in [-0.3, -0.25) is 5.32 Å². The van der Waals surface area contributed by atoms with Crippen LogP contribution in [0, 0.1) is 0 Å². The molecule has 1 atom stereocenters. The minimum absolute atomic E-state index is 0.184. The molecule has 0 aromatic carbocycles. The van der Waals surface area contributed by atoms with Gasteiger partial charge in [-0.2, -0.15) is 11.8 Å². The average molecular weight is 162 g/mol. The molecule has 0 aliphatic carbocycles. The van der Waals surface area contributed by atoms with Crippen molar-refractivity contribution in [1.29, 1.82) is 0 Å². The molecule has 0 spiro atoms. The van der Waals surface area contributed by atoms with Gasteiger partial charge in [-0.1, -0.05) is 0 Å². The Morgan fingerprint density at radius 2 is 2.60 bits per heavy atom. The second kappa shape index (κ2) is 3.68. The van der Waals surface area contributed by atoms with Crippen LogP contribution in [0.25, 0.3) is 0 Å². The summed E-state index contributed by atoms with van der Waals surface area (Å²) in [6.07, 6.45) is -0.892. The van der Waals surface area contributed by atoms with Crippen LogP contribution in [0.5, 0.6) is 0 Å². The van der Waals surface area contributed by atoms with E-state index in [0.717, 1.165) is 18.1 Å². The van der Waals surface area contributed by atoms with Gasteiger partial charge in [0.15, 0.2) is 6.23 Å². The molecule has 4 nitrogen and oxygen atoms in total. The molecular weight excluding hydrogens is 152 g/mol. The third-order valence-electron chi connectivity index (χ3n) is 1.15. The van der Waals surface area contributed by atoms with Crippen molar-refractivity contribution in [3.05, 3.63) is 0 Å². The SMILES string of the molecule is NC(=O)O[C@@H]1CSCCN1. The van der Waals surface area contributed by atoms with Gasteiger partial charge in [0.2, 0.25) is 0 Å². The van der Waals surface area contributed by atoms with Gasteiger partial charge in [0, 0.05) is 18.1 Å². The third-order valence-corrected chi connectivity index (χ3v) is 2.18. The number of rotatable bonds is 1. The Kier molecular flexibility index (Phi) is 2.82. The fourth-order valence-corrected chi connectivity index (χ4v) is 1.59. The average Bonchev–Trinajstić information content (AvgIpc) is 1.88. The van der Waals surface area contributed by atoms with E-state index in [4.69, 9.17) is 10.5 Å². The lowest BCUT2D eigenvalue weighted by Gasteiger charge is -2.21. The fourth-order valence-electron chi connectivity index (χ4n) is 0.757. The maximum absolute atomic E-state index is 10.2. The van der Waals surface area contributed by atoms with Crippen molar-refractivity contribution in [2.24, 2.45) is 5.73 Å². The summed E-state index contributed by atoms with van der Waals surface area (Å²) in [5.41, 5.74) is 4.81. The second-order valence-corrected chi connectivity index (χ2v) is 3.10. The predicted octanol–water partition coefficient (Wildman–Crippen LogP) is -0.256. The number of carbonyl (C=O) groups excluding carboxylic acids is 1. The molecule has 1 heterocycles. The highest BCUT2D eigenvalue weighted by atomic mass is 32.2. The molecule has 0 aromatic heterocycles. The molecule has 0 bridgehead atoms. The van der Waals surface area contributed by atoms with E-state index in [1.54, 1.807) is 11.8 Å². The van der Waals surface area contributed by atoms with Gasteiger partial charge in [-0.05, 0) is 0 Å². The molecule has 1 amide bonds. The zero-order valence-corrected chi connectivity index (χ0v) is 6.32. The van der Waals surface area contributed by atoms with Crippen LogP contribution < -0.4 is 11.1 Å². The first-order valence-corrected chi connectivity index (χ1v) is 4.22. The quantitative estimate of drug-likeness (QED) is 0.557. The summed E-state index contributed by atoms with van der Waals surface area (Å²) in [4.78, 5) is 10.2. The van der Waals surface area contributed by atoms with Gasteiger partial charge in [0.25, 0.3) is 0 Å². The number of nitrogens with one attached hydrogen (secondary N) is 1. The largest absolute Gasteiger partial charge is 0.430 e. The summed E-state index contributed by atoms with van der Waals surface area (Å²) in [5.74, 6) is 1.86. The summed E-state index contributed by atoms with van der Waals surface area (Å²) in [6.45, 7) is 0.878. The number of hydrogen-bond acceptors (Lipinski definition) is 4. The summed E-state index contributed by atoms with van der Waals surface area (Å²) in [6, 6.07) is 0. The predicted molar refractivity (Wildman–Crippen MR) is 39.8 cm³/mol. The topological polar surface area (TPSA) is 64.4 Å². The van der Waals surface area contributed by atoms with Crippen molar-refractivity contribution in [2.75, 3.05) is 18.1 Å². The van der Waals surface area contributed by atoms with E-state index in [9.17, 15) is 4.79 Å². The first-order chi connectivity index (χ1) is 4.79. The molecule has 58 valence electrons. The molecule has 1 saturated heterocycles. The highest BCUT2D eigenvalue weighted by Crippen LogP contribution is 2.07. The van der Waals surface area contributed by atoms with E-state index in [1.165, 1.54) is 0 Å². The molecule has 0 aromatic rings. The maximum Gasteiger partial charge on any atom is 0.406 e. The number of primary amides is 1. The molecule has 0 unspecified atom stereocenters. The standard InChI is InChI=1S/C5H10N2O2S/c6-5(8)9-4-3-10-2-1-7-4/h4,7H,1-3H2,(H2,6,8)/t4-/m1/s1. The van der Waals surface area contributed by atoms with Crippen LogP contribution in [-0.4, -0.2) is 30.4 Å². The Hall–Kier alpha value is -0.420. The van der Waals surface area contributed by atoms with Gasteiger partial charge < -0.3 is 10.5 Å². The van der Waals surface area contributed by atoms with Crippen molar-refractivity contribution in [1.82, 2.24) is 5.32 Å². The number of nitrogens with two attached hydrogens (primary N) is 1. The highest BCUT2D eigenvalue weighted by Gasteiger charge is 2.14. The van der Waals surface area contributed by atoms with Crippen molar-refractivity contribution >= 4 is 17.9 Å². The lowest BCUT2D eigenvalue weighted by Crippen LogP contribution is -2.41. The van der Waals surface area contributed by atoms with Crippen LogP contribution >= 0.6 is 11.8 Å². The van der Waals surface area contributed by atoms with Crippen LogP contribution in [0.3, 0.4) is 0 Å². The molecule has 1 aliphatic heterocycles. The molecule has 0 radical (unpaired) electrons. The third kappa shape index (κ3) is 2.45. The van der Waals surface area contributed by atoms with E-state index in [-0.39, 0.29) is 6.23 Å². The monoisotopic (exact) mass is 162 g/mol. The number of ether oxygens (including phenoxy) is 1. The van der Waals surface area contributed by atoms with Crippen molar-refractivity contribution in [2.45, 2.75) is 6.23 Å².